The van der Waals surface area contributed by atoms with Crippen molar-refractivity contribution in [3.05, 3.63) is 35.2 Å². The molecule has 0 saturated carbocycles. The smallest absolute Gasteiger partial charge is 0.261 e. The quantitative estimate of drug-likeness (QED) is 0.917. The SMILES string of the molecule is CCN(CC)c1ccc(C(=O)N(C)c2c(C)noc2C)c(O)c1. The summed E-state index contributed by atoms with van der Waals surface area (Å²) in [5, 5.41) is 14.1. The lowest BCUT2D eigenvalue weighted by Gasteiger charge is -2.22. The molecule has 0 radical (unpaired) electrons. The molecule has 0 spiro atoms. The number of hydrogen-bond acceptors (Lipinski definition) is 5. The van der Waals surface area contributed by atoms with E-state index in [2.05, 4.69) is 10.1 Å². The number of rotatable bonds is 5. The summed E-state index contributed by atoms with van der Waals surface area (Å²) in [6, 6.07) is 5.13. The minimum absolute atomic E-state index is 0.0296. The predicted molar refractivity (Wildman–Crippen MR) is 90.4 cm³/mol. The Labute approximate surface area is 136 Å². The number of aromatic hydroxyl groups is 1. The molecule has 1 N–H and O–H groups in total. The van der Waals surface area contributed by atoms with Gasteiger partial charge in [-0.15, -0.1) is 0 Å². The normalized spacial score (nSPS) is 10.7. The molecule has 0 unspecified atom stereocenters. The molecule has 1 heterocycles. The van der Waals surface area contributed by atoms with E-state index < -0.39 is 0 Å². The lowest BCUT2D eigenvalue weighted by molar-refractivity contribution is 0.0990. The van der Waals surface area contributed by atoms with E-state index in [9.17, 15) is 9.90 Å². The maximum atomic E-state index is 12.7. The van der Waals surface area contributed by atoms with Gasteiger partial charge in [0.2, 0.25) is 0 Å². The Morgan fingerprint density at radius 2 is 1.91 bits per heavy atom. The van der Waals surface area contributed by atoms with Crippen LogP contribution in [0, 0.1) is 13.8 Å². The van der Waals surface area contributed by atoms with E-state index in [0.717, 1.165) is 18.8 Å². The number of benzene rings is 1. The molecule has 0 fully saturated rings. The van der Waals surface area contributed by atoms with Crippen LogP contribution in [-0.2, 0) is 0 Å². The number of phenols is 1. The Kier molecular flexibility index (Phi) is 4.93. The van der Waals surface area contributed by atoms with E-state index >= 15 is 0 Å². The van der Waals surface area contributed by atoms with Crippen molar-refractivity contribution in [2.75, 3.05) is 29.9 Å². The van der Waals surface area contributed by atoms with Gasteiger partial charge in [-0.05, 0) is 39.8 Å². The van der Waals surface area contributed by atoms with Crippen LogP contribution >= 0.6 is 0 Å². The van der Waals surface area contributed by atoms with E-state index in [1.165, 1.54) is 4.90 Å². The van der Waals surface area contributed by atoms with Gasteiger partial charge in [0, 0.05) is 31.9 Å². The minimum Gasteiger partial charge on any atom is -0.507 e. The second-order valence-corrected chi connectivity index (χ2v) is 5.41. The molecule has 2 aromatic rings. The average Bonchev–Trinajstić information content (AvgIpc) is 2.86. The highest BCUT2D eigenvalue weighted by Crippen LogP contribution is 2.29. The van der Waals surface area contributed by atoms with Crippen LogP contribution < -0.4 is 9.80 Å². The molecule has 1 aromatic heterocycles. The topological polar surface area (TPSA) is 69.8 Å². The fraction of sp³-hybridized carbons (Fsp3) is 0.412. The van der Waals surface area contributed by atoms with Gasteiger partial charge in [0.05, 0.1) is 5.56 Å². The van der Waals surface area contributed by atoms with Crippen LogP contribution in [0.1, 0.15) is 35.7 Å². The first-order chi connectivity index (χ1) is 10.9. The summed E-state index contributed by atoms with van der Waals surface area (Å²) >= 11 is 0. The highest BCUT2D eigenvalue weighted by molar-refractivity contribution is 6.08. The molecular formula is C17H23N3O3. The summed E-state index contributed by atoms with van der Waals surface area (Å²) in [6.45, 7) is 9.29. The highest BCUT2D eigenvalue weighted by Gasteiger charge is 2.23. The summed E-state index contributed by atoms with van der Waals surface area (Å²) in [6.07, 6.45) is 0. The molecule has 2 rings (SSSR count). The number of amides is 1. The van der Waals surface area contributed by atoms with E-state index in [4.69, 9.17) is 4.52 Å². The van der Waals surface area contributed by atoms with Crippen LogP contribution in [-0.4, -0.2) is 36.3 Å². The zero-order valence-corrected chi connectivity index (χ0v) is 14.3. The van der Waals surface area contributed by atoms with Gasteiger partial charge in [-0.1, -0.05) is 5.16 Å². The van der Waals surface area contributed by atoms with Crippen molar-refractivity contribution in [1.82, 2.24) is 5.16 Å². The molecule has 23 heavy (non-hydrogen) atoms. The largest absolute Gasteiger partial charge is 0.507 e. The molecule has 0 bridgehead atoms. The molecule has 6 heteroatoms. The van der Waals surface area contributed by atoms with Crippen LogP contribution in [0.5, 0.6) is 5.75 Å². The maximum absolute atomic E-state index is 12.7. The zero-order valence-electron chi connectivity index (χ0n) is 14.3. The van der Waals surface area contributed by atoms with Crippen molar-refractivity contribution >= 4 is 17.3 Å². The lowest BCUT2D eigenvalue weighted by atomic mass is 10.1. The lowest BCUT2D eigenvalue weighted by Crippen LogP contribution is -2.27. The van der Waals surface area contributed by atoms with Gasteiger partial charge in [-0.2, -0.15) is 0 Å². The average molecular weight is 317 g/mol. The van der Waals surface area contributed by atoms with Crippen LogP contribution in [0.3, 0.4) is 0 Å². The molecule has 0 saturated heterocycles. The molecule has 0 atom stereocenters. The molecule has 0 aliphatic heterocycles. The van der Waals surface area contributed by atoms with Gasteiger partial charge >= 0.3 is 0 Å². The number of aromatic nitrogens is 1. The summed E-state index contributed by atoms with van der Waals surface area (Å²) in [7, 11) is 1.65. The van der Waals surface area contributed by atoms with E-state index in [-0.39, 0.29) is 17.2 Å². The van der Waals surface area contributed by atoms with Crippen LogP contribution in [0.15, 0.2) is 22.7 Å². The van der Waals surface area contributed by atoms with Crippen LogP contribution in [0.25, 0.3) is 0 Å². The van der Waals surface area contributed by atoms with Crippen molar-refractivity contribution in [3.8, 4) is 5.75 Å². The fourth-order valence-corrected chi connectivity index (χ4v) is 2.73. The number of anilines is 2. The van der Waals surface area contributed by atoms with E-state index in [0.29, 0.717) is 17.1 Å². The Morgan fingerprint density at radius 1 is 1.26 bits per heavy atom. The number of phenolic OH excluding ortho intramolecular Hbond substituents is 1. The molecule has 0 aliphatic carbocycles. The second-order valence-electron chi connectivity index (χ2n) is 5.41. The van der Waals surface area contributed by atoms with Crippen LogP contribution in [0.4, 0.5) is 11.4 Å². The Hall–Kier alpha value is -2.50. The van der Waals surface area contributed by atoms with Crippen molar-refractivity contribution in [2.24, 2.45) is 0 Å². The third kappa shape index (κ3) is 3.16. The standard InChI is InChI=1S/C17H23N3O3/c1-6-20(7-2)13-8-9-14(15(21)10-13)17(22)19(5)16-11(3)18-23-12(16)4/h8-10,21H,6-7H2,1-5H3. The first kappa shape index (κ1) is 16.9. The van der Waals surface area contributed by atoms with Crippen molar-refractivity contribution in [1.29, 1.82) is 0 Å². The third-order valence-electron chi connectivity index (χ3n) is 3.98. The van der Waals surface area contributed by atoms with Crippen molar-refractivity contribution in [3.63, 3.8) is 0 Å². The van der Waals surface area contributed by atoms with Gasteiger partial charge in [0.15, 0.2) is 5.76 Å². The van der Waals surface area contributed by atoms with Crippen molar-refractivity contribution < 1.29 is 14.4 Å². The van der Waals surface area contributed by atoms with Gasteiger partial charge in [0.1, 0.15) is 17.1 Å². The second kappa shape index (κ2) is 6.73. The van der Waals surface area contributed by atoms with Crippen LogP contribution in [0.2, 0.25) is 0 Å². The van der Waals surface area contributed by atoms with Crippen molar-refractivity contribution in [2.45, 2.75) is 27.7 Å². The van der Waals surface area contributed by atoms with E-state index in [1.807, 2.05) is 19.9 Å². The fourth-order valence-electron chi connectivity index (χ4n) is 2.73. The highest BCUT2D eigenvalue weighted by atomic mass is 16.5. The first-order valence-electron chi connectivity index (χ1n) is 7.69. The molecule has 6 nitrogen and oxygen atoms in total. The number of carbonyl (C=O) groups is 1. The molecule has 1 amide bonds. The Balaban J connectivity index is 2.33. The number of nitrogens with zero attached hydrogens (tertiary/aromatic N) is 3. The first-order valence-corrected chi connectivity index (χ1v) is 7.69. The van der Waals surface area contributed by atoms with Gasteiger partial charge < -0.3 is 19.4 Å². The van der Waals surface area contributed by atoms with E-state index in [1.54, 1.807) is 33.0 Å². The Morgan fingerprint density at radius 3 is 2.39 bits per heavy atom. The van der Waals surface area contributed by atoms with Gasteiger partial charge in [0.25, 0.3) is 5.91 Å². The third-order valence-corrected chi connectivity index (χ3v) is 3.98. The monoisotopic (exact) mass is 317 g/mol. The summed E-state index contributed by atoms with van der Waals surface area (Å²) in [4.78, 5) is 16.2. The molecule has 0 aliphatic rings. The molecular weight excluding hydrogens is 294 g/mol. The summed E-state index contributed by atoms with van der Waals surface area (Å²) in [5.74, 6) is 0.235. The maximum Gasteiger partial charge on any atom is 0.261 e. The molecule has 1 aromatic carbocycles. The number of carbonyl (C=O) groups excluding carboxylic acids is 1. The summed E-state index contributed by atoms with van der Waals surface area (Å²) < 4.78 is 5.10. The minimum atomic E-state index is -0.303. The van der Waals surface area contributed by atoms with Gasteiger partial charge in [-0.25, -0.2) is 0 Å². The summed E-state index contributed by atoms with van der Waals surface area (Å²) in [5.41, 5.74) is 2.41. The predicted octanol–water partition coefficient (Wildman–Crippen LogP) is 3.12. The van der Waals surface area contributed by atoms with Gasteiger partial charge in [-0.3, -0.25) is 4.79 Å². The number of aryl methyl sites for hydroxylation is 2. The zero-order chi connectivity index (χ0) is 17.1. The number of hydrogen-bond donors (Lipinski definition) is 1. The molecule has 124 valence electrons. The Bertz CT molecular complexity index is 686.